The summed E-state index contributed by atoms with van der Waals surface area (Å²) < 4.78 is 25.9. The molecule has 2 N–H and O–H groups in total. The topological polar surface area (TPSA) is 95.8 Å². The number of benzene rings is 2. The average Bonchev–Trinajstić information content (AvgIpc) is 3.10. The largest absolute Gasteiger partial charge is 0.291 e. The Labute approximate surface area is 194 Å². The molecule has 0 heterocycles. The SMILES string of the molecule is CC.CC.CC.CC1=CC(c2ccccc2)C(=O)C1=NNc1ccccc1.CS(=O)(=O)O. The summed E-state index contributed by atoms with van der Waals surface area (Å²) in [4.78, 5) is 12.5. The zero-order chi connectivity index (χ0) is 25.2. The molecule has 0 saturated heterocycles. The van der Waals surface area contributed by atoms with E-state index in [1.54, 1.807) is 0 Å². The van der Waals surface area contributed by atoms with Gasteiger partial charge in [0.1, 0.15) is 5.71 Å². The standard InChI is InChI=1S/C18H16N2O.3C2H6.CH4O3S/c1-13-12-16(14-8-4-2-5-9-14)18(21)17(13)20-19-15-10-6-3-7-11-15;3*1-2;1-5(2,3)4/h2-12,16,19H,1H3;3*1-2H3;1H3,(H,2,3,4). The van der Waals surface area contributed by atoms with Crippen molar-refractivity contribution in [2.24, 2.45) is 5.10 Å². The molecule has 0 bridgehead atoms. The Morgan fingerprint density at radius 2 is 1.25 bits per heavy atom. The van der Waals surface area contributed by atoms with E-state index in [1.165, 1.54) is 0 Å². The predicted molar refractivity (Wildman–Crippen MR) is 137 cm³/mol. The van der Waals surface area contributed by atoms with Crippen LogP contribution in [0, 0.1) is 0 Å². The first-order chi connectivity index (χ1) is 15.3. The monoisotopic (exact) mass is 462 g/mol. The van der Waals surface area contributed by atoms with Crippen molar-refractivity contribution in [2.75, 3.05) is 11.7 Å². The maximum atomic E-state index is 12.5. The van der Waals surface area contributed by atoms with Crippen molar-refractivity contribution in [1.82, 2.24) is 0 Å². The molecule has 1 aliphatic rings. The number of allylic oxidation sites excluding steroid dienone is 2. The number of nitrogens with zero attached hydrogens (tertiary/aromatic N) is 1. The van der Waals surface area contributed by atoms with Crippen LogP contribution in [0.25, 0.3) is 0 Å². The molecule has 0 aliphatic heterocycles. The summed E-state index contributed by atoms with van der Waals surface area (Å²) in [5, 5.41) is 4.28. The summed E-state index contributed by atoms with van der Waals surface area (Å²) in [6, 6.07) is 19.4. The number of ketones is 1. The number of carbonyl (C=O) groups is 1. The smallest absolute Gasteiger partial charge is 0.261 e. The zero-order valence-electron chi connectivity index (χ0n) is 20.5. The first kappa shape index (κ1) is 31.4. The fourth-order valence-electron chi connectivity index (χ4n) is 2.43. The summed E-state index contributed by atoms with van der Waals surface area (Å²) in [7, 11) is -3.67. The second kappa shape index (κ2) is 17.9. The van der Waals surface area contributed by atoms with E-state index in [0.29, 0.717) is 12.0 Å². The van der Waals surface area contributed by atoms with Crippen molar-refractivity contribution in [1.29, 1.82) is 0 Å². The van der Waals surface area contributed by atoms with E-state index in [0.717, 1.165) is 16.8 Å². The maximum absolute atomic E-state index is 12.5. The number of para-hydroxylation sites is 1. The molecule has 0 spiro atoms. The van der Waals surface area contributed by atoms with Gasteiger partial charge in [-0.15, -0.1) is 0 Å². The third kappa shape index (κ3) is 12.8. The molecule has 0 saturated carbocycles. The summed E-state index contributed by atoms with van der Waals surface area (Å²) in [5.74, 6) is -0.176. The molecule has 178 valence electrons. The van der Waals surface area contributed by atoms with Crippen LogP contribution in [-0.4, -0.2) is 30.7 Å². The van der Waals surface area contributed by atoms with E-state index in [4.69, 9.17) is 4.55 Å². The summed E-state index contributed by atoms with van der Waals surface area (Å²) in [6.07, 6.45) is 2.69. The number of hydrogen-bond donors (Lipinski definition) is 2. The van der Waals surface area contributed by atoms with Gasteiger partial charge in [-0.2, -0.15) is 13.5 Å². The van der Waals surface area contributed by atoms with Crippen molar-refractivity contribution >= 4 is 27.3 Å². The average molecular weight is 463 g/mol. The lowest BCUT2D eigenvalue weighted by atomic mass is 9.97. The normalized spacial score (nSPS) is 15.3. The van der Waals surface area contributed by atoms with Gasteiger partial charge in [-0.3, -0.25) is 14.8 Å². The van der Waals surface area contributed by atoms with Crippen molar-refractivity contribution < 1.29 is 17.8 Å². The van der Waals surface area contributed by atoms with Crippen LogP contribution in [0.5, 0.6) is 0 Å². The number of nitrogens with one attached hydrogen (secondary N) is 1. The number of rotatable bonds is 3. The van der Waals surface area contributed by atoms with Gasteiger partial charge in [-0.25, -0.2) is 0 Å². The second-order valence-electron chi connectivity index (χ2n) is 5.77. The van der Waals surface area contributed by atoms with Gasteiger partial charge in [-0.05, 0) is 30.2 Å². The van der Waals surface area contributed by atoms with Gasteiger partial charge < -0.3 is 0 Å². The Bertz CT molecular complexity index is 915. The molecule has 7 heteroatoms. The van der Waals surface area contributed by atoms with Crippen molar-refractivity contribution in [3.05, 3.63) is 77.9 Å². The van der Waals surface area contributed by atoms with Gasteiger partial charge in [0.15, 0.2) is 5.78 Å². The number of hydrogen-bond acceptors (Lipinski definition) is 5. The summed E-state index contributed by atoms with van der Waals surface area (Å²) in [5.41, 5.74) is 6.24. The van der Waals surface area contributed by atoms with Crippen molar-refractivity contribution in [3.8, 4) is 0 Å². The van der Waals surface area contributed by atoms with Gasteiger partial charge in [0.2, 0.25) is 0 Å². The quantitative estimate of drug-likeness (QED) is 0.409. The fourth-order valence-corrected chi connectivity index (χ4v) is 2.43. The highest BCUT2D eigenvalue weighted by molar-refractivity contribution is 7.85. The van der Waals surface area contributed by atoms with Crippen LogP contribution >= 0.6 is 0 Å². The molecule has 2 aromatic rings. The van der Waals surface area contributed by atoms with Crippen LogP contribution < -0.4 is 5.43 Å². The van der Waals surface area contributed by atoms with E-state index < -0.39 is 10.1 Å². The first-order valence-corrected chi connectivity index (χ1v) is 12.7. The van der Waals surface area contributed by atoms with E-state index in [9.17, 15) is 13.2 Å². The van der Waals surface area contributed by atoms with Crippen LogP contribution in [0.3, 0.4) is 0 Å². The Balaban J connectivity index is 0. The molecule has 32 heavy (non-hydrogen) atoms. The van der Waals surface area contributed by atoms with Gasteiger partial charge in [0.05, 0.1) is 17.9 Å². The predicted octanol–water partition coefficient (Wildman–Crippen LogP) is 6.35. The number of carbonyl (C=O) groups excluding carboxylic acids is 1. The van der Waals surface area contributed by atoms with Gasteiger partial charge >= 0.3 is 0 Å². The number of anilines is 1. The highest BCUT2D eigenvalue weighted by Crippen LogP contribution is 2.28. The lowest BCUT2D eigenvalue weighted by Crippen LogP contribution is -2.16. The Kier molecular flexibility index (Phi) is 17.5. The van der Waals surface area contributed by atoms with Gasteiger partial charge in [0.25, 0.3) is 10.1 Å². The molecule has 2 aromatic carbocycles. The van der Waals surface area contributed by atoms with Crippen LogP contribution in [0.2, 0.25) is 0 Å². The van der Waals surface area contributed by atoms with Crippen molar-refractivity contribution in [3.63, 3.8) is 0 Å². The van der Waals surface area contributed by atoms with Gasteiger partial charge in [-0.1, -0.05) is 96.1 Å². The fraction of sp³-hybridized carbons (Fsp3) is 0.360. The Morgan fingerprint density at radius 1 is 0.844 bits per heavy atom. The van der Waals surface area contributed by atoms with Crippen LogP contribution in [0.4, 0.5) is 5.69 Å². The molecule has 6 nitrogen and oxygen atoms in total. The third-order valence-corrected chi connectivity index (χ3v) is 3.54. The van der Waals surface area contributed by atoms with E-state index in [-0.39, 0.29) is 11.7 Å². The molecule has 1 aliphatic carbocycles. The minimum absolute atomic E-state index is 0.0436. The molecule has 0 fully saturated rings. The molecule has 0 aromatic heterocycles. The van der Waals surface area contributed by atoms with Crippen LogP contribution in [0.1, 0.15) is 59.9 Å². The Morgan fingerprint density at radius 3 is 1.69 bits per heavy atom. The van der Waals surface area contributed by atoms with Crippen LogP contribution in [-0.2, 0) is 14.9 Å². The third-order valence-electron chi connectivity index (χ3n) is 3.54. The Hall–Kier alpha value is -2.77. The van der Waals surface area contributed by atoms with Gasteiger partial charge in [0, 0.05) is 0 Å². The van der Waals surface area contributed by atoms with E-state index in [1.807, 2.05) is 115 Å². The molecule has 0 amide bonds. The molecule has 1 unspecified atom stereocenters. The number of hydrazone groups is 1. The molecule has 0 radical (unpaired) electrons. The van der Waals surface area contributed by atoms with E-state index >= 15 is 0 Å². The zero-order valence-corrected chi connectivity index (χ0v) is 21.3. The van der Waals surface area contributed by atoms with E-state index in [2.05, 4.69) is 10.5 Å². The molecule has 3 rings (SSSR count). The molecule has 1 atom stereocenters. The maximum Gasteiger partial charge on any atom is 0.261 e. The minimum atomic E-state index is -3.67. The molecular weight excluding hydrogens is 424 g/mol. The summed E-state index contributed by atoms with van der Waals surface area (Å²) >= 11 is 0. The van der Waals surface area contributed by atoms with Crippen molar-refractivity contribution in [2.45, 2.75) is 54.4 Å². The highest BCUT2D eigenvalue weighted by Gasteiger charge is 2.30. The second-order valence-corrected chi connectivity index (χ2v) is 7.24. The first-order valence-electron chi connectivity index (χ1n) is 10.8. The lowest BCUT2D eigenvalue weighted by Gasteiger charge is -2.06. The van der Waals surface area contributed by atoms with Crippen LogP contribution in [0.15, 0.2) is 77.4 Å². The lowest BCUT2D eigenvalue weighted by molar-refractivity contribution is -0.113. The summed E-state index contributed by atoms with van der Waals surface area (Å²) in [6.45, 7) is 13.9. The minimum Gasteiger partial charge on any atom is -0.291 e. The highest BCUT2D eigenvalue weighted by atomic mass is 32.2. The number of Topliss-reactive ketones (excluding diaryl/α,β-unsaturated/α-hetero) is 1. The molecular formula is C25H38N2O4S.